The Balaban J connectivity index is 2.49. The van der Waals surface area contributed by atoms with E-state index < -0.39 is 0 Å². The lowest BCUT2D eigenvalue weighted by Gasteiger charge is -2.41. The Hall–Kier alpha value is -0.0400. The van der Waals surface area contributed by atoms with Crippen LogP contribution in [0.2, 0.25) is 0 Å². The summed E-state index contributed by atoms with van der Waals surface area (Å²) in [5, 5.41) is 9.58. The van der Waals surface area contributed by atoms with Gasteiger partial charge in [0.2, 0.25) is 0 Å². The first-order valence-corrected chi connectivity index (χ1v) is 6.71. The Kier molecular flexibility index (Phi) is 4.64. The minimum atomic E-state index is -0.0968. The highest BCUT2D eigenvalue weighted by Crippen LogP contribution is 2.44. The highest BCUT2D eigenvalue weighted by Gasteiger charge is 2.34. The number of aliphatic hydroxyl groups excluding tert-OH is 1. The second kappa shape index (κ2) is 5.34. The summed E-state index contributed by atoms with van der Waals surface area (Å²) in [6, 6.07) is 0. The number of rotatable bonds is 4. The minimum Gasteiger partial charge on any atom is -0.393 e. The SMILES string of the molecule is CCC(C)(CC)C1CCC(C(C)O)CC1. The van der Waals surface area contributed by atoms with Gasteiger partial charge in [-0.2, -0.15) is 0 Å². The van der Waals surface area contributed by atoms with E-state index in [9.17, 15) is 5.11 Å². The summed E-state index contributed by atoms with van der Waals surface area (Å²) in [4.78, 5) is 0. The summed E-state index contributed by atoms with van der Waals surface area (Å²) >= 11 is 0. The fraction of sp³-hybridized carbons (Fsp3) is 1.00. The zero-order chi connectivity index (χ0) is 11.5. The molecule has 0 heterocycles. The zero-order valence-electron chi connectivity index (χ0n) is 10.9. The molecule has 0 aromatic heterocycles. The van der Waals surface area contributed by atoms with E-state index in [1.807, 2.05) is 6.92 Å². The molecule has 0 aliphatic heterocycles. The van der Waals surface area contributed by atoms with Gasteiger partial charge in [-0.15, -0.1) is 0 Å². The Labute approximate surface area is 95.3 Å². The molecule has 0 amide bonds. The molecule has 1 fully saturated rings. The lowest BCUT2D eigenvalue weighted by Crippen LogP contribution is -2.32. The molecule has 0 radical (unpaired) electrons. The molecule has 1 rings (SSSR count). The average molecular weight is 212 g/mol. The van der Waals surface area contributed by atoms with Crippen LogP contribution in [0.5, 0.6) is 0 Å². The van der Waals surface area contributed by atoms with Crippen LogP contribution in [0.25, 0.3) is 0 Å². The van der Waals surface area contributed by atoms with E-state index in [0.29, 0.717) is 11.3 Å². The van der Waals surface area contributed by atoms with Gasteiger partial charge in [-0.05, 0) is 49.9 Å². The lowest BCUT2D eigenvalue weighted by molar-refractivity contribution is 0.0501. The van der Waals surface area contributed by atoms with Crippen LogP contribution in [0.1, 0.15) is 66.2 Å². The van der Waals surface area contributed by atoms with Crippen molar-refractivity contribution in [3.8, 4) is 0 Å². The highest BCUT2D eigenvalue weighted by atomic mass is 16.3. The van der Waals surface area contributed by atoms with E-state index in [1.165, 1.54) is 38.5 Å². The molecule has 1 heteroatoms. The quantitative estimate of drug-likeness (QED) is 0.747. The van der Waals surface area contributed by atoms with Crippen molar-refractivity contribution in [2.45, 2.75) is 72.3 Å². The third-order valence-electron chi connectivity index (χ3n) is 5.06. The van der Waals surface area contributed by atoms with Crippen LogP contribution in [0.15, 0.2) is 0 Å². The first kappa shape index (κ1) is 13.0. The van der Waals surface area contributed by atoms with Crippen molar-refractivity contribution in [1.29, 1.82) is 0 Å². The Bertz CT molecular complexity index is 174. The van der Waals surface area contributed by atoms with E-state index >= 15 is 0 Å². The maximum Gasteiger partial charge on any atom is 0.0540 e. The molecule has 1 nitrogen and oxygen atoms in total. The van der Waals surface area contributed by atoms with Gasteiger partial charge in [0.25, 0.3) is 0 Å². The molecule has 1 saturated carbocycles. The van der Waals surface area contributed by atoms with Gasteiger partial charge < -0.3 is 5.11 Å². The Morgan fingerprint density at radius 1 is 1.13 bits per heavy atom. The third kappa shape index (κ3) is 2.96. The fourth-order valence-electron chi connectivity index (χ4n) is 3.13. The summed E-state index contributed by atoms with van der Waals surface area (Å²) in [7, 11) is 0. The lowest BCUT2D eigenvalue weighted by atomic mass is 9.65. The van der Waals surface area contributed by atoms with Gasteiger partial charge in [-0.3, -0.25) is 0 Å². The standard InChI is InChI=1S/C14H28O/c1-5-14(4,6-2)13-9-7-12(8-10-13)11(3)15/h11-13,15H,5-10H2,1-4H3. The van der Waals surface area contributed by atoms with Crippen molar-refractivity contribution >= 4 is 0 Å². The van der Waals surface area contributed by atoms with Gasteiger partial charge in [0.1, 0.15) is 0 Å². The normalized spacial score (nSPS) is 30.2. The predicted molar refractivity (Wildman–Crippen MR) is 65.8 cm³/mol. The van der Waals surface area contributed by atoms with Gasteiger partial charge in [-0.25, -0.2) is 0 Å². The molecule has 15 heavy (non-hydrogen) atoms. The van der Waals surface area contributed by atoms with Crippen LogP contribution in [-0.4, -0.2) is 11.2 Å². The summed E-state index contributed by atoms with van der Waals surface area (Å²) in [5.41, 5.74) is 0.545. The van der Waals surface area contributed by atoms with Crippen LogP contribution in [0.4, 0.5) is 0 Å². The van der Waals surface area contributed by atoms with Gasteiger partial charge in [0, 0.05) is 0 Å². The maximum absolute atomic E-state index is 9.58. The van der Waals surface area contributed by atoms with Crippen LogP contribution in [0, 0.1) is 17.3 Å². The molecule has 1 aliphatic rings. The highest BCUT2D eigenvalue weighted by molar-refractivity contribution is 4.85. The predicted octanol–water partition coefficient (Wildman–Crippen LogP) is 4.00. The van der Waals surface area contributed by atoms with Crippen LogP contribution >= 0.6 is 0 Å². The first-order chi connectivity index (χ1) is 7.03. The summed E-state index contributed by atoms with van der Waals surface area (Å²) in [5.74, 6) is 1.46. The molecule has 1 aliphatic carbocycles. The smallest absolute Gasteiger partial charge is 0.0540 e. The monoisotopic (exact) mass is 212 g/mol. The summed E-state index contributed by atoms with van der Waals surface area (Å²) in [6.45, 7) is 9.04. The molecule has 90 valence electrons. The third-order valence-corrected chi connectivity index (χ3v) is 5.06. The molecule has 0 aromatic rings. The van der Waals surface area contributed by atoms with E-state index in [1.54, 1.807) is 0 Å². The van der Waals surface area contributed by atoms with Crippen molar-refractivity contribution in [3.05, 3.63) is 0 Å². The topological polar surface area (TPSA) is 20.2 Å². The molecular weight excluding hydrogens is 184 g/mol. The Morgan fingerprint density at radius 3 is 1.93 bits per heavy atom. The van der Waals surface area contributed by atoms with Gasteiger partial charge in [0.05, 0.1) is 6.10 Å². The molecule has 0 bridgehead atoms. The molecule has 0 spiro atoms. The van der Waals surface area contributed by atoms with Crippen LogP contribution in [-0.2, 0) is 0 Å². The molecular formula is C14H28O. The second-order valence-corrected chi connectivity index (χ2v) is 5.71. The zero-order valence-corrected chi connectivity index (χ0v) is 10.9. The van der Waals surface area contributed by atoms with E-state index in [-0.39, 0.29) is 6.10 Å². The maximum atomic E-state index is 9.58. The first-order valence-electron chi connectivity index (χ1n) is 6.71. The van der Waals surface area contributed by atoms with Gasteiger partial charge in [0.15, 0.2) is 0 Å². The molecule has 1 unspecified atom stereocenters. The molecule has 1 atom stereocenters. The van der Waals surface area contributed by atoms with Gasteiger partial charge >= 0.3 is 0 Å². The minimum absolute atomic E-state index is 0.0968. The van der Waals surface area contributed by atoms with Crippen molar-refractivity contribution in [3.63, 3.8) is 0 Å². The second-order valence-electron chi connectivity index (χ2n) is 5.71. The summed E-state index contributed by atoms with van der Waals surface area (Å²) in [6.07, 6.45) is 7.62. The molecule has 1 N–H and O–H groups in total. The van der Waals surface area contributed by atoms with E-state index in [2.05, 4.69) is 20.8 Å². The summed E-state index contributed by atoms with van der Waals surface area (Å²) < 4.78 is 0. The van der Waals surface area contributed by atoms with E-state index in [0.717, 1.165) is 5.92 Å². The average Bonchev–Trinajstić information content (AvgIpc) is 2.28. The van der Waals surface area contributed by atoms with Crippen molar-refractivity contribution in [2.24, 2.45) is 17.3 Å². The number of hydrogen-bond acceptors (Lipinski definition) is 1. The molecule has 0 aromatic carbocycles. The van der Waals surface area contributed by atoms with Crippen molar-refractivity contribution < 1.29 is 5.11 Å². The van der Waals surface area contributed by atoms with Crippen molar-refractivity contribution in [1.82, 2.24) is 0 Å². The largest absolute Gasteiger partial charge is 0.393 e. The van der Waals surface area contributed by atoms with Crippen LogP contribution in [0.3, 0.4) is 0 Å². The molecule has 0 saturated heterocycles. The Morgan fingerprint density at radius 2 is 1.60 bits per heavy atom. The van der Waals surface area contributed by atoms with Gasteiger partial charge in [-0.1, -0.05) is 33.6 Å². The van der Waals surface area contributed by atoms with Crippen LogP contribution < -0.4 is 0 Å². The fourth-order valence-corrected chi connectivity index (χ4v) is 3.13. The van der Waals surface area contributed by atoms with Crippen molar-refractivity contribution in [2.75, 3.05) is 0 Å². The number of hydrogen-bond donors (Lipinski definition) is 1. The number of aliphatic hydroxyl groups is 1. The van der Waals surface area contributed by atoms with E-state index in [4.69, 9.17) is 0 Å².